The first-order chi connectivity index (χ1) is 14.6. The number of anilines is 1. The number of nitrogens with zero attached hydrogens (tertiary/aromatic N) is 3. The molecule has 1 amide bonds. The molecule has 0 spiro atoms. The standard InChI is InChI=1S/C22H22N4O3S/c1-2-29-13-7-12-26-21(28)17-9-4-6-11-19(17)25-22(26)30-15-20(27)24-18-10-5-3-8-16(18)14-23/h3-6,8-11H,2,7,12-13,15H2,1H3,(H,24,27). The van der Waals surface area contributed by atoms with E-state index in [0.717, 1.165) is 0 Å². The van der Waals surface area contributed by atoms with Crippen LogP contribution in [0.1, 0.15) is 18.9 Å². The second-order valence-corrected chi connectivity index (χ2v) is 7.36. The Labute approximate surface area is 178 Å². The second kappa shape index (κ2) is 10.6. The molecule has 2 aromatic carbocycles. The summed E-state index contributed by atoms with van der Waals surface area (Å²) in [6.07, 6.45) is 0.670. The summed E-state index contributed by atoms with van der Waals surface area (Å²) in [5.74, 6) is -0.207. The van der Waals surface area contributed by atoms with Crippen LogP contribution in [0.4, 0.5) is 5.69 Å². The first-order valence-corrected chi connectivity index (χ1v) is 10.6. The van der Waals surface area contributed by atoms with Crippen molar-refractivity contribution in [3.05, 3.63) is 64.4 Å². The normalized spacial score (nSPS) is 10.7. The maximum atomic E-state index is 13.0. The van der Waals surface area contributed by atoms with Gasteiger partial charge in [0.2, 0.25) is 5.91 Å². The van der Waals surface area contributed by atoms with E-state index in [1.807, 2.05) is 19.1 Å². The van der Waals surface area contributed by atoms with Gasteiger partial charge in [0.15, 0.2) is 5.16 Å². The van der Waals surface area contributed by atoms with Gasteiger partial charge in [-0.05, 0) is 37.6 Å². The summed E-state index contributed by atoms with van der Waals surface area (Å²) in [5.41, 5.74) is 1.33. The average Bonchev–Trinajstić information content (AvgIpc) is 2.77. The Balaban J connectivity index is 1.79. The molecular weight excluding hydrogens is 400 g/mol. The Morgan fingerprint density at radius 1 is 1.23 bits per heavy atom. The number of aromatic nitrogens is 2. The van der Waals surface area contributed by atoms with E-state index in [9.17, 15) is 9.59 Å². The molecular formula is C22H22N4O3S. The number of amides is 1. The third-order valence-corrected chi connectivity index (χ3v) is 5.33. The highest BCUT2D eigenvalue weighted by Crippen LogP contribution is 2.19. The van der Waals surface area contributed by atoms with Gasteiger partial charge in [-0.3, -0.25) is 14.2 Å². The van der Waals surface area contributed by atoms with Crippen LogP contribution in [0.25, 0.3) is 10.9 Å². The van der Waals surface area contributed by atoms with Crippen molar-refractivity contribution in [2.24, 2.45) is 0 Å². The molecule has 0 unspecified atom stereocenters. The van der Waals surface area contributed by atoms with Crippen LogP contribution in [0.3, 0.4) is 0 Å². The van der Waals surface area contributed by atoms with E-state index >= 15 is 0 Å². The number of nitriles is 1. The molecule has 0 fully saturated rings. The number of carbonyl (C=O) groups is 1. The molecule has 154 valence electrons. The van der Waals surface area contributed by atoms with Crippen molar-refractivity contribution in [1.82, 2.24) is 9.55 Å². The molecule has 1 aromatic heterocycles. The van der Waals surface area contributed by atoms with Crippen molar-refractivity contribution in [2.75, 3.05) is 24.3 Å². The fraction of sp³-hybridized carbons (Fsp3) is 0.273. The molecule has 3 aromatic rings. The van der Waals surface area contributed by atoms with Crippen molar-refractivity contribution in [3.63, 3.8) is 0 Å². The van der Waals surface area contributed by atoms with Crippen LogP contribution in [-0.2, 0) is 16.1 Å². The number of para-hydroxylation sites is 2. The maximum absolute atomic E-state index is 13.0. The third-order valence-electron chi connectivity index (χ3n) is 4.36. The number of carbonyl (C=O) groups excluding carboxylic acids is 1. The predicted molar refractivity (Wildman–Crippen MR) is 118 cm³/mol. The van der Waals surface area contributed by atoms with Crippen molar-refractivity contribution in [1.29, 1.82) is 5.26 Å². The monoisotopic (exact) mass is 422 g/mol. The second-order valence-electron chi connectivity index (χ2n) is 6.41. The Morgan fingerprint density at radius 3 is 2.80 bits per heavy atom. The van der Waals surface area contributed by atoms with E-state index in [0.29, 0.717) is 53.5 Å². The molecule has 0 aliphatic rings. The number of hydrogen-bond acceptors (Lipinski definition) is 6. The smallest absolute Gasteiger partial charge is 0.262 e. The fourth-order valence-electron chi connectivity index (χ4n) is 2.93. The molecule has 0 saturated carbocycles. The molecule has 30 heavy (non-hydrogen) atoms. The lowest BCUT2D eigenvalue weighted by Gasteiger charge is -2.13. The minimum absolute atomic E-state index is 0.0655. The molecule has 1 heterocycles. The van der Waals surface area contributed by atoms with Gasteiger partial charge >= 0.3 is 0 Å². The van der Waals surface area contributed by atoms with Crippen LogP contribution in [-0.4, -0.2) is 34.4 Å². The molecule has 8 heteroatoms. The van der Waals surface area contributed by atoms with E-state index in [1.54, 1.807) is 41.0 Å². The predicted octanol–water partition coefficient (Wildman–Crippen LogP) is 3.43. The van der Waals surface area contributed by atoms with Crippen LogP contribution in [0, 0.1) is 11.3 Å². The van der Waals surface area contributed by atoms with E-state index in [4.69, 9.17) is 10.00 Å². The number of thioether (sulfide) groups is 1. The lowest BCUT2D eigenvalue weighted by molar-refractivity contribution is -0.113. The third kappa shape index (κ3) is 5.26. The highest BCUT2D eigenvalue weighted by atomic mass is 32.2. The summed E-state index contributed by atoms with van der Waals surface area (Å²) in [7, 11) is 0. The Morgan fingerprint density at radius 2 is 2.00 bits per heavy atom. The number of rotatable bonds is 9. The zero-order valence-corrected chi connectivity index (χ0v) is 17.4. The number of nitrogens with one attached hydrogen (secondary N) is 1. The molecule has 0 radical (unpaired) electrons. The molecule has 1 N–H and O–H groups in total. The number of ether oxygens (including phenoxy) is 1. The van der Waals surface area contributed by atoms with E-state index in [2.05, 4.69) is 16.4 Å². The lowest BCUT2D eigenvalue weighted by Crippen LogP contribution is -2.25. The molecule has 0 aliphatic carbocycles. The fourth-order valence-corrected chi connectivity index (χ4v) is 3.76. The molecule has 3 rings (SSSR count). The number of hydrogen-bond donors (Lipinski definition) is 1. The molecule has 0 aliphatic heterocycles. The first-order valence-electron chi connectivity index (χ1n) is 9.63. The summed E-state index contributed by atoms with van der Waals surface area (Å²) in [5, 5.41) is 12.9. The van der Waals surface area contributed by atoms with Gasteiger partial charge in [0.1, 0.15) is 6.07 Å². The van der Waals surface area contributed by atoms with E-state index in [1.165, 1.54) is 11.8 Å². The average molecular weight is 423 g/mol. The summed E-state index contributed by atoms with van der Waals surface area (Å²) >= 11 is 1.20. The van der Waals surface area contributed by atoms with Crippen molar-refractivity contribution >= 4 is 34.3 Å². The van der Waals surface area contributed by atoms with Crippen molar-refractivity contribution in [2.45, 2.75) is 25.0 Å². The first kappa shape index (κ1) is 21.6. The largest absolute Gasteiger partial charge is 0.382 e. The summed E-state index contributed by atoms with van der Waals surface area (Å²) < 4.78 is 6.98. The SMILES string of the molecule is CCOCCCn1c(SCC(=O)Nc2ccccc2C#N)nc2ccccc2c1=O. The number of benzene rings is 2. The zero-order valence-electron chi connectivity index (χ0n) is 16.6. The van der Waals surface area contributed by atoms with Crippen LogP contribution in [0.5, 0.6) is 0 Å². The van der Waals surface area contributed by atoms with Gasteiger partial charge in [0.25, 0.3) is 5.56 Å². The zero-order chi connectivity index (χ0) is 21.3. The minimum atomic E-state index is -0.272. The molecule has 0 bridgehead atoms. The van der Waals surface area contributed by atoms with Crippen LogP contribution in [0.2, 0.25) is 0 Å². The van der Waals surface area contributed by atoms with Crippen molar-refractivity contribution in [3.8, 4) is 6.07 Å². The summed E-state index contributed by atoms with van der Waals surface area (Å²) in [6, 6.07) is 16.0. The van der Waals surface area contributed by atoms with Gasteiger partial charge in [-0.2, -0.15) is 5.26 Å². The minimum Gasteiger partial charge on any atom is -0.382 e. The van der Waals surface area contributed by atoms with Crippen LogP contribution in [0.15, 0.2) is 58.5 Å². The topological polar surface area (TPSA) is 97.0 Å². The molecule has 0 saturated heterocycles. The summed E-state index contributed by atoms with van der Waals surface area (Å²) in [4.78, 5) is 30.0. The quantitative estimate of drug-likeness (QED) is 0.322. The van der Waals surface area contributed by atoms with Gasteiger partial charge in [0.05, 0.1) is 27.9 Å². The Bertz CT molecular complexity index is 1140. The highest BCUT2D eigenvalue weighted by molar-refractivity contribution is 7.99. The Kier molecular flexibility index (Phi) is 7.60. The Hall–Kier alpha value is -3.15. The van der Waals surface area contributed by atoms with Gasteiger partial charge < -0.3 is 10.1 Å². The molecule has 0 atom stereocenters. The summed E-state index contributed by atoms with van der Waals surface area (Å²) in [6.45, 7) is 3.55. The lowest BCUT2D eigenvalue weighted by atomic mass is 10.2. The maximum Gasteiger partial charge on any atom is 0.262 e. The van der Waals surface area contributed by atoms with Gasteiger partial charge in [0, 0.05) is 19.8 Å². The van der Waals surface area contributed by atoms with Crippen LogP contribution >= 0.6 is 11.8 Å². The van der Waals surface area contributed by atoms with E-state index in [-0.39, 0.29) is 17.2 Å². The van der Waals surface area contributed by atoms with Gasteiger partial charge in [-0.25, -0.2) is 4.98 Å². The van der Waals surface area contributed by atoms with Crippen molar-refractivity contribution < 1.29 is 9.53 Å². The highest BCUT2D eigenvalue weighted by Gasteiger charge is 2.14. The number of fused-ring (bicyclic) bond motifs is 1. The molecule has 7 nitrogen and oxygen atoms in total. The van der Waals surface area contributed by atoms with Gasteiger partial charge in [-0.1, -0.05) is 36.0 Å². The van der Waals surface area contributed by atoms with Gasteiger partial charge in [-0.15, -0.1) is 0 Å². The van der Waals surface area contributed by atoms with Crippen LogP contribution < -0.4 is 10.9 Å². The van der Waals surface area contributed by atoms with E-state index < -0.39 is 0 Å².